The highest BCUT2D eigenvalue weighted by atomic mass is 19.1. The molecule has 1 aromatic rings. The molecule has 2 aliphatic rings. The Labute approximate surface area is 147 Å². The summed E-state index contributed by atoms with van der Waals surface area (Å²) in [5.74, 6) is -0.241. The fraction of sp³-hybridized carbons (Fsp3) is 0.556. The molecule has 3 amide bonds. The van der Waals surface area contributed by atoms with Crippen molar-refractivity contribution in [1.29, 1.82) is 0 Å². The van der Waals surface area contributed by atoms with Crippen molar-refractivity contribution in [2.24, 2.45) is 5.73 Å². The summed E-state index contributed by atoms with van der Waals surface area (Å²) in [5.41, 5.74) is 6.29. The van der Waals surface area contributed by atoms with Gasteiger partial charge in [-0.15, -0.1) is 0 Å². The van der Waals surface area contributed by atoms with Gasteiger partial charge in [0, 0.05) is 25.7 Å². The summed E-state index contributed by atoms with van der Waals surface area (Å²) in [6, 6.07) is 5.78. The molecule has 0 aromatic heterocycles. The third-order valence-electron chi connectivity index (χ3n) is 5.06. The number of nitrogens with one attached hydrogen (secondary N) is 1. The van der Waals surface area contributed by atoms with Crippen molar-refractivity contribution in [3.05, 3.63) is 35.6 Å². The Balaban J connectivity index is 1.59. The predicted molar refractivity (Wildman–Crippen MR) is 92.2 cm³/mol. The standard InChI is InChI=1S/C18H25FN4O2/c19-14-6-4-13(5-7-14)11-22-9-2-1-3-16(22)17(24)21-15-8-10-23(12-15)18(20)25/h4-7,15-16H,1-3,8-12H2,(H2,20,25)(H,21,24). The maximum atomic E-state index is 13.1. The average molecular weight is 348 g/mol. The van der Waals surface area contributed by atoms with Crippen LogP contribution in [0.3, 0.4) is 0 Å². The molecular formula is C18H25FN4O2. The van der Waals surface area contributed by atoms with Crippen LogP contribution in [0.1, 0.15) is 31.2 Å². The quantitative estimate of drug-likeness (QED) is 0.864. The molecule has 2 unspecified atom stereocenters. The molecule has 2 atom stereocenters. The number of carbonyl (C=O) groups excluding carboxylic acids is 2. The van der Waals surface area contributed by atoms with Crippen LogP contribution in [0.15, 0.2) is 24.3 Å². The second kappa shape index (κ2) is 7.82. The summed E-state index contributed by atoms with van der Waals surface area (Å²) in [5, 5.41) is 3.07. The van der Waals surface area contributed by atoms with Gasteiger partial charge in [0.1, 0.15) is 5.82 Å². The van der Waals surface area contributed by atoms with E-state index in [0.29, 0.717) is 19.6 Å². The van der Waals surface area contributed by atoms with Gasteiger partial charge in [0.15, 0.2) is 0 Å². The predicted octanol–water partition coefficient (Wildman–Crippen LogP) is 1.45. The Morgan fingerprint density at radius 2 is 1.92 bits per heavy atom. The molecule has 7 heteroatoms. The van der Waals surface area contributed by atoms with Crippen molar-refractivity contribution in [2.75, 3.05) is 19.6 Å². The molecule has 2 saturated heterocycles. The number of benzene rings is 1. The van der Waals surface area contributed by atoms with E-state index in [0.717, 1.165) is 37.8 Å². The van der Waals surface area contributed by atoms with Gasteiger partial charge in [0.05, 0.1) is 6.04 Å². The molecule has 3 rings (SSSR count). The molecule has 0 aliphatic carbocycles. The smallest absolute Gasteiger partial charge is 0.314 e. The number of hydrogen-bond donors (Lipinski definition) is 2. The van der Waals surface area contributed by atoms with Crippen LogP contribution in [-0.4, -0.2) is 53.5 Å². The van der Waals surface area contributed by atoms with E-state index >= 15 is 0 Å². The lowest BCUT2D eigenvalue weighted by molar-refractivity contribution is -0.128. The molecule has 0 radical (unpaired) electrons. The molecule has 2 fully saturated rings. The van der Waals surface area contributed by atoms with Gasteiger partial charge < -0.3 is 16.0 Å². The molecule has 1 aromatic carbocycles. The van der Waals surface area contributed by atoms with Gasteiger partial charge >= 0.3 is 6.03 Å². The number of primary amides is 1. The zero-order valence-electron chi connectivity index (χ0n) is 14.3. The van der Waals surface area contributed by atoms with E-state index in [1.54, 1.807) is 17.0 Å². The van der Waals surface area contributed by atoms with E-state index in [9.17, 15) is 14.0 Å². The molecule has 0 saturated carbocycles. The number of likely N-dealkylation sites (tertiary alicyclic amines) is 2. The summed E-state index contributed by atoms with van der Waals surface area (Å²) < 4.78 is 13.1. The number of amides is 3. The second-order valence-electron chi connectivity index (χ2n) is 6.89. The van der Waals surface area contributed by atoms with E-state index in [2.05, 4.69) is 10.2 Å². The van der Waals surface area contributed by atoms with Gasteiger partial charge in [-0.3, -0.25) is 9.69 Å². The minimum absolute atomic E-state index is 0.0122. The number of halogens is 1. The first-order chi connectivity index (χ1) is 12.0. The Morgan fingerprint density at radius 1 is 1.16 bits per heavy atom. The van der Waals surface area contributed by atoms with Gasteiger partial charge in [0.25, 0.3) is 0 Å². The van der Waals surface area contributed by atoms with Crippen molar-refractivity contribution in [2.45, 2.75) is 44.3 Å². The molecule has 2 aliphatic heterocycles. The summed E-state index contributed by atoms with van der Waals surface area (Å²) >= 11 is 0. The minimum Gasteiger partial charge on any atom is -0.351 e. The normalized spacial score (nSPS) is 24.3. The third kappa shape index (κ3) is 4.48. The van der Waals surface area contributed by atoms with Crippen LogP contribution >= 0.6 is 0 Å². The number of rotatable bonds is 4. The summed E-state index contributed by atoms with van der Waals surface area (Å²) in [4.78, 5) is 27.7. The Morgan fingerprint density at radius 3 is 2.60 bits per heavy atom. The number of nitrogens with zero attached hydrogens (tertiary/aromatic N) is 2. The maximum absolute atomic E-state index is 13.1. The second-order valence-corrected chi connectivity index (χ2v) is 6.89. The SMILES string of the molecule is NC(=O)N1CCC(NC(=O)C2CCCCN2Cc2ccc(F)cc2)C1. The minimum atomic E-state index is -0.438. The third-order valence-corrected chi connectivity index (χ3v) is 5.06. The van der Waals surface area contributed by atoms with E-state index in [-0.39, 0.29) is 23.8 Å². The Bertz CT molecular complexity index is 622. The van der Waals surface area contributed by atoms with Gasteiger partial charge in [-0.2, -0.15) is 0 Å². The topological polar surface area (TPSA) is 78.7 Å². The summed E-state index contributed by atoms with van der Waals surface area (Å²) in [6.45, 7) is 2.56. The highest BCUT2D eigenvalue weighted by Crippen LogP contribution is 2.21. The van der Waals surface area contributed by atoms with Crippen LogP contribution in [0.5, 0.6) is 0 Å². The molecular weight excluding hydrogens is 323 g/mol. The molecule has 0 bridgehead atoms. The average Bonchev–Trinajstić information content (AvgIpc) is 3.06. The Hall–Kier alpha value is -2.15. The largest absolute Gasteiger partial charge is 0.351 e. The number of hydrogen-bond acceptors (Lipinski definition) is 3. The van der Waals surface area contributed by atoms with E-state index < -0.39 is 6.03 Å². The van der Waals surface area contributed by atoms with Crippen molar-refractivity contribution >= 4 is 11.9 Å². The van der Waals surface area contributed by atoms with Crippen LogP contribution in [0.25, 0.3) is 0 Å². The van der Waals surface area contributed by atoms with E-state index in [4.69, 9.17) is 5.73 Å². The maximum Gasteiger partial charge on any atom is 0.314 e. The first-order valence-corrected chi connectivity index (χ1v) is 8.86. The highest BCUT2D eigenvalue weighted by molar-refractivity contribution is 5.82. The highest BCUT2D eigenvalue weighted by Gasteiger charge is 2.32. The van der Waals surface area contributed by atoms with Crippen molar-refractivity contribution in [3.8, 4) is 0 Å². The van der Waals surface area contributed by atoms with Gasteiger partial charge in [0.2, 0.25) is 5.91 Å². The van der Waals surface area contributed by atoms with Gasteiger partial charge in [-0.1, -0.05) is 18.6 Å². The lowest BCUT2D eigenvalue weighted by Crippen LogP contribution is -2.52. The van der Waals surface area contributed by atoms with Crippen LogP contribution in [0.4, 0.5) is 9.18 Å². The lowest BCUT2D eigenvalue weighted by atomic mass is 10.00. The van der Waals surface area contributed by atoms with Gasteiger partial charge in [-0.25, -0.2) is 9.18 Å². The van der Waals surface area contributed by atoms with Crippen molar-refractivity contribution in [3.63, 3.8) is 0 Å². The summed E-state index contributed by atoms with van der Waals surface area (Å²) in [6.07, 6.45) is 3.64. The number of urea groups is 1. The van der Waals surface area contributed by atoms with E-state index in [1.807, 2.05) is 0 Å². The molecule has 3 N–H and O–H groups in total. The molecule has 2 heterocycles. The first kappa shape index (κ1) is 17.7. The molecule has 136 valence electrons. The summed E-state index contributed by atoms with van der Waals surface area (Å²) in [7, 11) is 0. The first-order valence-electron chi connectivity index (χ1n) is 8.86. The molecule has 6 nitrogen and oxygen atoms in total. The van der Waals surface area contributed by atoms with Crippen LogP contribution in [-0.2, 0) is 11.3 Å². The Kier molecular flexibility index (Phi) is 5.53. The fourth-order valence-electron chi connectivity index (χ4n) is 3.68. The van der Waals surface area contributed by atoms with Crippen LogP contribution in [0, 0.1) is 5.82 Å². The van der Waals surface area contributed by atoms with Crippen molar-refractivity contribution in [1.82, 2.24) is 15.1 Å². The number of carbonyl (C=O) groups is 2. The molecule has 25 heavy (non-hydrogen) atoms. The van der Waals surface area contributed by atoms with Crippen LogP contribution < -0.4 is 11.1 Å². The number of piperidine rings is 1. The number of nitrogens with two attached hydrogens (primary N) is 1. The lowest BCUT2D eigenvalue weighted by Gasteiger charge is -2.35. The zero-order valence-corrected chi connectivity index (χ0v) is 14.3. The monoisotopic (exact) mass is 348 g/mol. The fourth-order valence-corrected chi connectivity index (χ4v) is 3.68. The molecule has 0 spiro atoms. The van der Waals surface area contributed by atoms with Crippen LogP contribution in [0.2, 0.25) is 0 Å². The van der Waals surface area contributed by atoms with E-state index in [1.165, 1.54) is 12.1 Å². The van der Waals surface area contributed by atoms with Crippen molar-refractivity contribution < 1.29 is 14.0 Å². The zero-order chi connectivity index (χ0) is 17.8. The van der Waals surface area contributed by atoms with Gasteiger partial charge in [-0.05, 0) is 43.5 Å².